The van der Waals surface area contributed by atoms with Crippen LogP contribution in [-0.2, 0) is 6.42 Å². The standard InChI is InChI=1S/C12H19NO2/c1-9(8-13)4-10-5-11(14-2)7-12(6-10)15-3/h5-7,9H,4,8,13H2,1-3H3/t9-/m0/s1. The van der Waals surface area contributed by atoms with Gasteiger partial charge in [-0.05, 0) is 36.6 Å². The molecule has 0 aliphatic heterocycles. The van der Waals surface area contributed by atoms with Gasteiger partial charge in [-0.3, -0.25) is 0 Å². The summed E-state index contributed by atoms with van der Waals surface area (Å²) >= 11 is 0. The van der Waals surface area contributed by atoms with Crippen LogP contribution in [0.5, 0.6) is 11.5 Å². The van der Waals surface area contributed by atoms with Crippen molar-refractivity contribution in [3.63, 3.8) is 0 Å². The Labute approximate surface area is 91.2 Å². The topological polar surface area (TPSA) is 44.5 Å². The van der Waals surface area contributed by atoms with Gasteiger partial charge in [-0.15, -0.1) is 0 Å². The van der Waals surface area contributed by atoms with Gasteiger partial charge in [0.2, 0.25) is 0 Å². The molecule has 3 nitrogen and oxygen atoms in total. The molecular formula is C12H19NO2. The van der Waals surface area contributed by atoms with E-state index in [-0.39, 0.29) is 0 Å². The normalized spacial score (nSPS) is 12.3. The molecule has 15 heavy (non-hydrogen) atoms. The van der Waals surface area contributed by atoms with E-state index in [1.165, 1.54) is 5.56 Å². The van der Waals surface area contributed by atoms with Crippen LogP contribution in [-0.4, -0.2) is 20.8 Å². The molecular weight excluding hydrogens is 190 g/mol. The number of benzene rings is 1. The van der Waals surface area contributed by atoms with Crippen molar-refractivity contribution >= 4 is 0 Å². The van der Waals surface area contributed by atoms with Crippen LogP contribution in [0.2, 0.25) is 0 Å². The Morgan fingerprint density at radius 2 is 1.67 bits per heavy atom. The fraction of sp³-hybridized carbons (Fsp3) is 0.500. The zero-order valence-electron chi connectivity index (χ0n) is 9.62. The maximum Gasteiger partial charge on any atom is 0.122 e. The Kier molecular flexibility index (Phi) is 4.43. The van der Waals surface area contributed by atoms with Gasteiger partial charge in [-0.2, -0.15) is 0 Å². The monoisotopic (exact) mass is 209 g/mol. The summed E-state index contributed by atoms with van der Waals surface area (Å²) < 4.78 is 10.4. The molecule has 0 aliphatic rings. The molecule has 2 N–H and O–H groups in total. The summed E-state index contributed by atoms with van der Waals surface area (Å²) in [4.78, 5) is 0. The lowest BCUT2D eigenvalue weighted by Crippen LogP contribution is -2.13. The lowest BCUT2D eigenvalue weighted by Gasteiger charge is -2.11. The van der Waals surface area contributed by atoms with E-state index in [9.17, 15) is 0 Å². The number of nitrogens with two attached hydrogens (primary N) is 1. The van der Waals surface area contributed by atoms with Gasteiger partial charge in [0.25, 0.3) is 0 Å². The second-order valence-corrected chi connectivity index (χ2v) is 3.77. The van der Waals surface area contributed by atoms with Crippen molar-refractivity contribution in [3.05, 3.63) is 23.8 Å². The fourth-order valence-electron chi connectivity index (χ4n) is 1.47. The first-order valence-electron chi connectivity index (χ1n) is 5.11. The summed E-state index contributed by atoms with van der Waals surface area (Å²) in [6.07, 6.45) is 0.948. The molecule has 1 rings (SSSR count). The molecule has 0 aliphatic carbocycles. The lowest BCUT2D eigenvalue weighted by atomic mass is 10.0. The van der Waals surface area contributed by atoms with Crippen molar-refractivity contribution in [2.45, 2.75) is 13.3 Å². The van der Waals surface area contributed by atoms with Crippen LogP contribution >= 0.6 is 0 Å². The van der Waals surface area contributed by atoms with Gasteiger partial charge < -0.3 is 15.2 Å². The van der Waals surface area contributed by atoms with E-state index >= 15 is 0 Å². The van der Waals surface area contributed by atoms with Crippen molar-refractivity contribution in [1.29, 1.82) is 0 Å². The van der Waals surface area contributed by atoms with E-state index in [2.05, 4.69) is 6.92 Å². The molecule has 0 spiro atoms. The highest BCUT2D eigenvalue weighted by Crippen LogP contribution is 2.23. The Morgan fingerprint density at radius 3 is 2.07 bits per heavy atom. The quantitative estimate of drug-likeness (QED) is 0.804. The molecule has 0 unspecified atom stereocenters. The smallest absolute Gasteiger partial charge is 0.122 e. The lowest BCUT2D eigenvalue weighted by molar-refractivity contribution is 0.392. The summed E-state index contributed by atoms with van der Waals surface area (Å²) in [7, 11) is 3.32. The first-order valence-corrected chi connectivity index (χ1v) is 5.11. The maximum absolute atomic E-state index is 5.60. The summed E-state index contributed by atoms with van der Waals surface area (Å²) in [5.74, 6) is 2.13. The Bertz CT molecular complexity index is 290. The third kappa shape index (κ3) is 3.44. The predicted octanol–water partition coefficient (Wildman–Crippen LogP) is 1.84. The number of methoxy groups -OCH3 is 2. The molecule has 0 aromatic heterocycles. The minimum Gasteiger partial charge on any atom is -0.497 e. The first-order chi connectivity index (χ1) is 7.19. The molecule has 84 valence electrons. The van der Waals surface area contributed by atoms with Crippen molar-refractivity contribution in [1.82, 2.24) is 0 Å². The van der Waals surface area contributed by atoms with Gasteiger partial charge in [0, 0.05) is 6.07 Å². The van der Waals surface area contributed by atoms with Gasteiger partial charge in [0.05, 0.1) is 14.2 Å². The SMILES string of the molecule is COc1cc(C[C@H](C)CN)cc(OC)c1. The maximum atomic E-state index is 5.60. The van der Waals surface area contributed by atoms with E-state index in [1.807, 2.05) is 18.2 Å². The number of rotatable bonds is 5. The van der Waals surface area contributed by atoms with Crippen molar-refractivity contribution < 1.29 is 9.47 Å². The van der Waals surface area contributed by atoms with E-state index in [0.29, 0.717) is 12.5 Å². The van der Waals surface area contributed by atoms with Crippen LogP contribution in [0.3, 0.4) is 0 Å². The van der Waals surface area contributed by atoms with E-state index in [1.54, 1.807) is 14.2 Å². The van der Waals surface area contributed by atoms with E-state index in [0.717, 1.165) is 17.9 Å². The summed E-state index contributed by atoms with van der Waals surface area (Å²) in [6, 6.07) is 5.92. The second-order valence-electron chi connectivity index (χ2n) is 3.77. The predicted molar refractivity (Wildman–Crippen MR) is 61.5 cm³/mol. The van der Waals surface area contributed by atoms with Crippen molar-refractivity contribution in [2.75, 3.05) is 20.8 Å². The van der Waals surface area contributed by atoms with Gasteiger partial charge in [-0.1, -0.05) is 6.92 Å². The van der Waals surface area contributed by atoms with E-state index in [4.69, 9.17) is 15.2 Å². The molecule has 0 saturated heterocycles. The largest absolute Gasteiger partial charge is 0.497 e. The minimum absolute atomic E-state index is 0.474. The van der Waals surface area contributed by atoms with Crippen LogP contribution in [0.15, 0.2) is 18.2 Å². The third-order valence-corrected chi connectivity index (χ3v) is 2.40. The van der Waals surface area contributed by atoms with Gasteiger partial charge in [0.1, 0.15) is 11.5 Å². The fourth-order valence-corrected chi connectivity index (χ4v) is 1.47. The number of hydrogen-bond donors (Lipinski definition) is 1. The Hall–Kier alpha value is -1.22. The van der Waals surface area contributed by atoms with Crippen molar-refractivity contribution in [2.24, 2.45) is 11.7 Å². The van der Waals surface area contributed by atoms with E-state index < -0.39 is 0 Å². The van der Waals surface area contributed by atoms with Crippen LogP contribution in [0.25, 0.3) is 0 Å². The first kappa shape index (κ1) is 11.9. The molecule has 0 saturated carbocycles. The summed E-state index contributed by atoms with van der Waals surface area (Å²) in [5, 5.41) is 0. The molecule has 0 heterocycles. The van der Waals surface area contributed by atoms with Crippen LogP contribution in [0, 0.1) is 5.92 Å². The van der Waals surface area contributed by atoms with Gasteiger partial charge in [0.15, 0.2) is 0 Å². The minimum atomic E-state index is 0.474. The highest BCUT2D eigenvalue weighted by Gasteiger charge is 2.05. The number of hydrogen-bond acceptors (Lipinski definition) is 3. The third-order valence-electron chi connectivity index (χ3n) is 2.40. The molecule has 0 bridgehead atoms. The average Bonchev–Trinajstić information content (AvgIpc) is 2.28. The zero-order chi connectivity index (χ0) is 11.3. The molecule has 1 atom stereocenters. The number of ether oxygens (including phenoxy) is 2. The zero-order valence-corrected chi connectivity index (χ0v) is 9.62. The molecule has 1 aromatic rings. The van der Waals surface area contributed by atoms with Gasteiger partial charge >= 0.3 is 0 Å². The Morgan fingerprint density at radius 1 is 1.13 bits per heavy atom. The molecule has 0 amide bonds. The average molecular weight is 209 g/mol. The summed E-state index contributed by atoms with van der Waals surface area (Å²) in [6.45, 7) is 2.82. The van der Waals surface area contributed by atoms with Crippen LogP contribution < -0.4 is 15.2 Å². The second kappa shape index (κ2) is 5.61. The molecule has 0 fully saturated rings. The van der Waals surface area contributed by atoms with Gasteiger partial charge in [-0.25, -0.2) is 0 Å². The van der Waals surface area contributed by atoms with Crippen LogP contribution in [0.1, 0.15) is 12.5 Å². The van der Waals surface area contributed by atoms with Crippen LogP contribution in [0.4, 0.5) is 0 Å². The molecule has 3 heteroatoms. The highest BCUT2D eigenvalue weighted by atomic mass is 16.5. The van der Waals surface area contributed by atoms with Crippen molar-refractivity contribution in [3.8, 4) is 11.5 Å². The Balaban J connectivity index is 2.86. The molecule has 0 radical (unpaired) electrons. The summed E-state index contributed by atoms with van der Waals surface area (Å²) in [5.41, 5.74) is 6.80. The molecule has 1 aromatic carbocycles. The highest BCUT2D eigenvalue weighted by molar-refractivity contribution is 5.38.